The fourth-order valence-electron chi connectivity index (χ4n) is 1.61. The third kappa shape index (κ3) is 2.50. The van der Waals surface area contributed by atoms with E-state index in [4.69, 9.17) is 4.74 Å². The highest BCUT2D eigenvalue weighted by atomic mass is 32.2. The van der Waals surface area contributed by atoms with E-state index < -0.39 is 15.6 Å². The van der Waals surface area contributed by atoms with Crippen molar-refractivity contribution < 1.29 is 17.9 Å². The Morgan fingerprint density at radius 3 is 2.94 bits per heavy atom. The second kappa shape index (κ2) is 4.65. The molecule has 88 valence electrons. The summed E-state index contributed by atoms with van der Waals surface area (Å²) in [7, 11) is -3.44. The predicted octanol–water partition coefficient (Wildman–Crippen LogP) is 1.13. The molecule has 1 atom stereocenters. The summed E-state index contributed by atoms with van der Waals surface area (Å²) < 4.78 is 29.0. The number of ether oxygens (including phenoxy) is 1. The van der Waals surface area contributed by atoms with Gasteiger partial charge in [0, 0.05) is 12.5 Å². The van der Waals surface area contributed by atoms with Crippen molar-refractivity contribution in [2.75, 3.05) is 19.0 Å². The molecule has 1 unspecified atom stereocenters. The van der Waals surface area contributed by atoms with Gasteiger partial charge in [-0.15, -0.1) is 11.3 Å². The molecule has 4 nitrogen and oxygen atoms in total. The molecule has 1 saturated heterocycles. The Bertz CT molecular complexity index is 455. The van der Waals surface area contributed by atoms with Gasteiger partial charge in [-0.25, -0.2) is 8.42 Å². The van der Waals surface area contributed by atoms with E-state index in [-0.39, 0.29) is 15.9 Å². The van der Waals surface area contributed by atoms with Crippen LogP contribution in [0.3, 0.4) is 0 Å². The van der Waals surface area contributed by atoms with Gasteiger partial charge in [0.05, 0.1) is 6.61 Å². The van der Waals surface area contributed by atoms with Crippen molar-refractivity contribution in [2.45, 2.75) is 10.6 Å². The highest BCUT2D eigenvalue weighted by Gasteiger charge is 2.28. The summed E-state index contributed by atoms with van der Waals surface area (Å²) in [5.41, 5.74) is 0. The van der Waals surface area contributed by atoms with Gasteiger partial charge in [-0.2, -0.15) is 0 Å². The molecule has 0 N–H and O–H groups in total. The number of carbonyl (C=O) groups excluding carboxylic acids is 1. The van der Waals surface area contributed by atoms with Gasteiger partial charge >= 0.3 is 0 Å². The van der Waals surface area contributed by atoms with Crippen LogP contribution in [-0.2, 0) is 19.4 Å². The number of hydrogen-bond donors (Lipinski definition) is 0. The van der Waals surface area contributed by atoms with Crippen molar-refractivity contribution in [1.82, 2.24) is 0 Å². The summed E-state index contributed by atoms with van der Waals surface area (Å²) in [5, 5.41) is 1.69. The van der Waals surface area contributed by atoms with Crippen LogP contribution in [0.25, 0.3) is 0 Å². The van der Waals surface area contributed by atoms with Crippen LogP contribution in [0.5, 0.6) is 0 Å². The van der Waals surface area contributed by atoms with Crippen molar-refractivity contribution in [3.05, 3.63) is 17.5 Å². The van der Waals surface area contributed by atoms with Crippen LogP contribution in [0, 0.1) is 5.92 Å². The summed E-state index contributed by atoms with van der Waals surface area (Å²) in [5.74, 6) is -0.873. The van der Waals surface area contributed by atoms with Gasteiger partial charge in [0.15, 0.2) is 15.6 Å². The molecular formula is C10H12O4S2. The third-order valence-electron chi connectivity index (χ3n) is 2.52. The summed E-state index contributed by atoms with van der Waals surface area (Å²) >= 11 is 1.14. The molecule has 0 saturated carbocycles. The zero-order valence-electron chi connectivity index (χ0n) is 8.59. The first-order valence-corrected chi connectivity index (χ1v) is 7.49. The minimum Gasteiger partial charge on any atom is -0.381 e. The zero-order valence-corrected chi connectivity index (χ0v) is 10.2. The lowest BCUT2D eigenvalue weighted by Crippen LogP contribution is -2.23. The summed E-state index contributed by atoms with van der Waals surface area (Å²) in [6, 6.07) is 3.19. The molecule has 2 heterocycles. The van der Waals surface area contributed by atoms with Crippen LogP contribution in [0.2, 0.25) is 0 Å². The van der Waals surface area contributed by atoms with Crippen LogP contribution in [0.15, 0.2) is 21.7 Å². The fraction of sp³-hybridized carbons (Fsp3) is 0.500. The van der Waals surface area contributed by atoms with Gasteiger partial charge < -0.3 is 4.74 Å². The SMILES string of the molecule is O=C(CS(=O)(=O)c1cccs1)C1CCOC1. The Labute approximate surface area is 98.2 Å². The number of rotatable bonds is 4. The monoisotopic (exact) mass is 260 g/mol. The first-order valence-electron chi connectivity index (χ1n) is 4.96. The smallest absolute Gasteiger partial charge is 0.194 e. The second-order valence-corrected chi connectivity index (χ2v) is 6.88. The summed E-state index contributed by atoms with van der Waals surface area (Å²) in [4.78, 5) is 11.7. The van der Waals surface area contributed by atoms with E-state index in [1.807, 2.05) is 0 Å². The molecule has 16 heavy (non-hydrogen) atoms. The minimum atomic E-state index is -3.44. The topological polar surface area (TPSA) is 60.4 Å². The van der Waals surface area contributed by atoms with E-state index in [0.717, 1.165) is 11.3 Å². The third-order valence-corrected chi connectivity index (χ3v) is 5.64. The Morgan fingerprint density at radius 1 is 1.56 bits per heavy atom. The van der Waals surface area contributed by atoms with Crippen molar-refractivity contribution in [1.29, 1.82) is 0 Å². The van der Waals surface area contributed by atoms with Crippen LogP contribution in [-0.4, -0.2) is 33.2 Å². The molecule has 0 aliphatic carbocycles. The largest absolute Gasteiger partial charge is 0.381 e. The minimum absolute atomic E-state index is 0.231. The zero-order chi connectivity index (χ0) is 11.6. The van der Waals surface area contributed by atoms with Gasteiger partial charge in [0.1, 0.15) is 9.96 Å². The molecule has 1 aliphatic heterocycles. The van der Waals surface area contributed by atoms with Crippen LogP contribution < -0.4 is 0 Å². The van der Waals surface area contributed by atoms with Gasteiger partial charge in [-0.1, -0.05) is 6.07 Å². The standard InChI is InChI=1S/C10H12O4S2/c11-9(8-3-4-14-6-8)7-16(12,13)10-2-1-5-15-10/h1-2,5,8H,3-4,6-7H2. The number of sulfone groups is 1. The molecule has 6 heteroatoms. The predicted molar refractivity (Wildman–Crippen MR) is 60.3 cm³/mol. The van der Waals surface area contributed by atoms with Gasteiger partial charge in [0.25, 0.3) is 0 Å². The maximum Gasteiger partial charge on any atom is 0.194 e. The Hall–Kier alpha value is -0.720. The van der Waals surface area contributed by atoms with E-state index in [2.05, 4.69) is 0 Å². The molecule has 1 fully saturated rings. The lowest BCUT2D eigenvalue weighted by molar-refractivity contribution is -0.120. The number of hydrogen-bond acceptors (Lipinski definition) is 5. The first-order chi connectivity index (χ1) is 7.59. The van der Waals surface area contributed by atoms with Crippen LogP contribution in [0.4, 0.5) is 0 Å². The highest BCUT2D eigenvalue weighted by Crippen LogP contribution is 2.20. The maximum atomic E-state index is 11.8. The molecule has 0 radical (unpaired) electrons. The molecule has 1 aliphatic rings. The fourth-order valence-corrected chi connectivity index (χ4v) is 4.02. The van der Waals surface area contributed by atoms with Crippen LogP contribution >= 0.6 is 11.3 Å². The molecule has 0 bridgehead atoms. The maximum absolute atomic E-state index is 11.8. The Kier molecular flexibility index (Phi) is 3.41. The quantitative estimate of drug-likeness (QED) is 0.814. The molecule has 2 rings (SSSR count). The molecule has 1 aromatic rings. The van der Waals surface area contributed by atoms with Gasteiger partial charge in [0.2, 0.25) is 0 Å². The van der Waals surface area contributed by atoms with E-state index in [0.29, 0.717) is 19.6 Å². The summed E-state index contributed by atoms with van der Waals surface area (Å²) in [6.07, 6.45) is 0.638. The first kappa shape index (κ1) is 11.8. The second-order valence-electron chi connectivity index (χ2n) is 3.72. The number of Topliss-reactive ketones (excluding diaryl/α,β-unsaturated/α-hetero) is 1. The van der Waals surface area contributed by atoms with E-state index in [1.54, 1.807) is 11.4 Å². The van der Waals surface area contributed by atoms with E-state index in [1.165, 1.54) is 6.07 Å². The van der Waals surface area contributed by atoms with Crippen LogP contribution in [0.1, 0.15) is 6.42 Å². The van der Waals surface area contributed by atoms with Crippen molar-refractivity contribution in [2.24, 2.45) is 5.92 Å². The average Bonchev–Trinajstić information content (AvgIpc) is 2.91. The highest BCUT2D eigenvalue weighted by molar-refractivity contribution is 7.94. The number of carbonyl (C=O) groups is 1. The molecule has 0 amide bonds. The van der Waals surface area contributed by atoms with E-state index in [9.17, 15) is 13.2 Å². The molecule has 0 spiro atoms. The van der Waals surface area contributed by atoms with E-state index >= 15 is 0 Å². The molecule has 0 aromatic carbocycles. The summed E-state index contributed by atoms with van der Waals surface area (Å²) in [6.45, 7) is 0.911. The van der Waals surface area contributed by atoms with Crippen molar-refractivity contribution in [3.63, 3.8) is 0 Å². The molecular weight excluding hydrogens is 248 g/mol. The van der Waals surface area contributed by atoms with Crippen molar-refractivity contribution in [3.8, 4) is 0 Å². The Morgan fingerprint density at radius 2 is 2.38 bits per heavy atom. The number of thiophene rings is 1. The lowest BCUT2D eigenvalue weighted by atomic mass is 10.1. The normalized spacial score (nSPS) is 21.1. The van der Waals surface area contributed by atoms with Crippen molar-refractivity contribution >= 4 is 27.0 Å². The van der Waals surface area contributed by atoms with Gasteiger partial charge in [-0.3, -0.25) is 4.79 Å². The number of ketones is 1. The lowest BCUT2D eigenvalue weighted by Gasteiger charge is -2.05. The van der Waals surface area contributed by atoms with Gasteiger partial charge in [-0.05, 0) is 17.9 Å². The molecule has 1 aromatic heterocycles. The Balaban J connectivity index is 2.06. The average molecular weight is 260 g/mol.